The molecule has 0 aliphatic heterocycles. The van der Waals surface area contributed by atoms with E-state index in [9.17, 15) is 18.0 Å². The Morgan fingerprint density at radius 3 is 2.52 bits per heavy atom. The van der Waals surface area contributed by atoms with Crippen LogP contribution in [0.25, 0.3) is 0 Å². The highest BCUT2D eigenvalue weighted by Gasteiger charge is 2.28. The van der Waals surface area contributed by atoms with Gasteiger partial charge in [-0.2, -0.15) is 4.72 Å². The molecular weight excluding hydrogens is 324 g/mol. The quantitative estimate of drug-likeness (QED) is 0.639. The van der Waals surface area contributed by atoms with Crippen LogP contribution in [-0.4, -0.2) is 38.6 Å². The number of hydrogen-bond acceptors (Lipinski definition) is 5. The van der Waals surface area contributed by atoms with Crippen molar-refractivity contribution in [3.8, 4) is 5.75 Å². The third kappa shape index (κ3) is 4.59. The molecule has 0 fully saturated rings. The van der Waals surface area contributed by atoms with Gasteiger partial charge in [-0.15, -0.1) is 0 Å². The van der Waals surface area contributed by atoms with Gasteiger partial charge in [0.25, 0.3) is 0 Å². The summed E-state index contributed by atoms with van der Waals surface area (Å²) in [5.41, 5.74) is 4.88. The van der Waals surface area contributed by atoms with Crippen LogP contribution in [0.1, 0.15) is 6.42 Å². The van der Waals surface area contributed by atoms with Crippen LogP contribution in [0.2, 0.25) is 5.02 Å². The van der Waals surface area contributed by atoms with E-state index in [0.717, 1.165) is 6.07 Å². The monoisotopic (exact) mass is 336 g/mol. The summed E-state index contributed by atoms with van der Waals surface area (Å²) in [4.78, 5) is 21.4. The van der Waals surface area contributed by atoms with Crippen molar-refractivity contribution < 1.29 is 27.9 Å². The van der Waals surface area contributed by atoms with Crippen molar-refractivity contribution >= 4 is 33.5 Å². The van der Waals surface area contributed by atoms with E-state index in [1.54, 1.807) is 0 Å². The van der Waals surface area contributed by atoms with E-state index in [4.69, 9.17) is 27.2 Å². The van der Waals surface area contributed by atoms with Gasteiger partial charge in [0.2, 0.25) is 15.9 Å². The van der Waals surface area contributed by atoms with Crippen molar-refractivity contribution in [3.63, 3.8) is 0 Å². The summed E-state index contributed by atoms with van der Waals surface area (Å²) in [6.07, 6.45) is -0.678. The summed E-state index contributed by atoms with van der Waals surface area (Å²) in [6.45, 7) is 0. The fraction of sp³-hybridized carbons (Fsp3) is 0.273. The van der Waals surface area contributed by atoms with Crippen LogP contribution >= 0.6 is 11.6 Å². The molecule has 0 aliphatic rings. The highest BCUT2D eigenvalue weighted by molar-refractivity contribution is 7.89. The Morgan fingerprint density at radius 1 is 1.48 bits per heavy atom. The number of ether oxygens (including phenoxy) is 1. The van der Waals surface area contributed by atoms with Crippen molar-refractivity contribution in [2.75, 3.05) is 7.11 Å². The van der Waals surface area contributed by atoms with E-state index in [2.05, 4.69) is 0 Å². The first kappa shape index (κ1) is 17.2. The standard InChI is InChI=1S/C11H13ClN2O6S/c1-20-6-2-3-9(7(12)4-6)21(18,19)14-8(11(16)17)5-10(13)15/h2-4,8,14H,5H2,1H3,(H2,13,15)(H,16,17)/t8-/m1/s1. The van der Waals surface area contributed by atoms with Gasteiger partial charge in [0.05, 0.1) is 18.6 Å². The Labute approximate surface area is 125 Å². The molecule has 0 radical (unpaired) electrons. The predicted octanol–water partition coefficient (Wildman–Crippen LogP) is -0.0445. The summed E-state index contributed by atoms with van der Waals surface area (Å²) in [5, 5.41) is 8.75. The first-order valence-corrected chi connectivity index (χ1v) is 7.40. The second-order valence-corrected chi connectivity index (χ2v) is 6.07. The minimum absolute atomic E-state index is 0.148. The summed E-state index contributed by atoms with van der Waals surface area (Å²) in [5.74, 6) is -2.14. The van der Waals surface area contributed by atoms with Crippen molar-refractivity contribution in [1.29, 1.82) is 0 Å². The number of benzene rings is 1. The first-order chi connectivity index (χ1) is 9.67. The lowest BCUT2D eigenvalue weighted by Crippen LogP contribution is -2.43. The first-order valence-electron chi connectivity index (χ1n) is 5.54. The number of primary amides is 1. The molecule has 8 nitrogen and oxygen atoms in total. The Bertz CT molecular complexity index is 661. The van der Waals surface area contributed by atoms with Crippen LogP contribution in [0.15, 0.2) is 23.1 Å². The summed E-state index contributed by atoms with van der Waals surface area (Å²) >= 11 is 5.82. The molecule has 0 aromatic heterocycles. The molecule has 1 aromatic rings. The maximum absolute atomic E-state index is 12.1. The van der Waals surface area contributed by atoms with Crippen LogP contribution < -0.4 is 15.2 Å². The summed E-state index contributed by atoms with van der Waals surface area (Å²) < 4.78 is 30.9. The number of carbonyl (C=O) groups excluding carboxylic acids is 1. The zero-order chi connectivity index (χ0) is 16.2. The average molecular weight is 337 g/mol. The smallest absolute Gasteiger partial charge is 0.322 e. The van der Waals surface area contributed by atoms with Gasteiger partial charge in [0.15, 0.2) is 0 Å². The van der Waals surface area contributed by atoms with Crippen LogP contribution in [0.5, 0.6) is 5.75 Å². The second kappa shape index (κ2) is 6.74. The Balaban J connectivity index is 3.10. The van der Waals surface area contributed by atoms with Crippen LogP contribution in [0.4, 0.5) is 0 Å². The fourth-order valence-corrected chi connectivity index (χ4v) is 3.18. The number of hydrogen-bond donors (Lipinski definition) is 3. The molecule has 1 aromatic carbocycles. The SMILES string of the molecule is COc1ccc(S(=O)(=O)N[C@H](CC(N)=O)C(=O)O)c(Cl)c1. The molecule has 0 saturated heterocycles. The molecule has 1 rings (SSSR count). The number of sulfonamides is 1. The zero-order valence-electron chi connectivity index (χ0n) is 10.9. The number of halogens is 1. The lowest BCUT2D eigenvalue weighted by Gasteiger charge is -2.14. The van der Waals surface area contributed by atoms with Gasteiger partial charge >= 0.3 is 5.97 Å². The molecule has 0 unspecified atom stereocenters. The topological polar surface area (TPSA) is 136 Å². The number of carboxylic acids is 1. The molecule has 21 heavy (non-hydrogen) atoms. The highest BCUT2D eigenvalue weighted by Crippen LogP contribution is 2.26. The highest BCUT2D eigenvalue weighted by atomic mass is 35.5. The molecule has 1 amide bonds. The summed E-state index contributed by atoms with van der Waals surface area (Å²) in [6, 6.07) is 2.10. The third-order valence-electron chi connectivity index (χ3n) is 2.43. The van der Waals surface area contributed by atoms with Crippen molar-refractivity contribution in [2.45, 2.75) is 17.4 Å². The van der Waals surface area contributed by atoms with Gasteiger partial charge < -0.3 is 15.6 Å². The van der Waals surface area contributed by atoms with E-state index in [0.29, 0.717) is 5.75 Å². The Morgan fingerprint density at radius 2 is 2.10 bits per heavy atom. The average Bonchev–Trinajstić information content (AvgIpc) is 2.36. The largest absolute Gasteiger partial charge is 0.497 e. The number of carbonyl (C=O) groups is 2. The molecule has 0 heterocycles. The fourth-order valence-electron chi connectivity index (χ4n) is 1.46. The lowest BCUT2D eigenvalue weighted by atomic mass is 10.2. The van der Waals surface area contributed by atoms with Crippen molar-refractivity contribution in [1.82, 2.24) is 4.72 Å². The number of rotatable bonds is 7. The molecular formula is C11H13ClN2O6S. The maximum Gasteiger partial charge on any atom is 0.322 e. The number of carboxylic acid groups (broad SMARTS) is 1. The number of aliphatic carboxylic acids is 1. The predicted molar refractivity (Wildman–Crippen MR) is 73.6 cm³/mol. The van der Waals surface area contributed by atoms with Gasteiger partial charge in [-0.1, -0.05) is 11.6 Å². The third-order valence-corrected chi connectivity index (χ3v) is 4.38. The molecule has 0 aliphatic carbocycles. The molecule has 0 bridgehead atoms. The van der Waals surface area contributed by atoms with Gasteiger partial charge in [0, 0.05) is 6.07 Å². The minimum atomic E-state index is -4.23. The minimum Gasteiger partial charge on any atom is -0.497 e. The van der Waals surface area contributed by atoms with Crippen molar-refractivity contribution in [2.24, 2.45) is 5.73 Å². The van der Waals surface area contributed by atoms with Crippen LogP contribution in [0, 0.1) is 0 Å². The van der Waals surface area contributed by atoms with Gasteiger partial charge in [-0.3, -0.25) is 9.59 Å². The van der Waals surface area contributed by atoms with E-state index in [1.165, 1.54) is 19.2 Å². The second-order valence-electron chi connectivity index (χ2n) is 3.98. The molecule has 116 valence electrons. The molecule has 0 spiro atoms. The number of nitrogens with two attached hydrogens (primary N) is 1. The maximum atomic E-state index is 12.1. The number of nitrogens with one attached hydrogen (secondary N) is 1. The molecule has 1 atom stereocenters. The van der Waals surface area contributed by atoms with Gasteiger partial charge in [-0.25, -0.2) is 8.42 Å². The van der Waals surface area contributed by atoms with E-state index in [1.807, 2.05) is 4.72 Å². The Kier molecular flexibility index (Phi) is 5.53. The van der Waals surface area contributed by atoms with Crippen molar-refractivity contribution in [3.05, 3.63) is 23.2 Å². The van der Waals surface area contributed by atoms with Gasteiger partial charge in [-0.05, 0) is 12.1 Å². The normalized spacial score (nSPS) is 12.7. The van der Waals surface area contributed by atoms with E-state index < -0.39 is 34.4 Å². The number of methoxy groups -OCH3 is 1. The van der Waals surface area contributed by atoms with Crippen LogP contribution in [0.3, 0.4) is 0 Å². The van der Waals surface area contributed by atoms with E-state index >= 15 is 0 Å². The number of amides is 1. The Hall–Kier alpha value is -1.84. The zero-order valence-corrected chi connectivity index (χ0v) is 12.4. The molecule has 4 N–H and O–H groups in total. The lowest BCUT2D eigenvalue weighted by molar-refractivity contribution is -0.140. The molecule has 10 heteroatoms. The van der Waals surface area contributed by atoms with Crippen LogP contribution in [-0.2, 0) is 19.6 Å². The molecule has 0 saturated carbocycles. The summed E-state index contributed by atoms with van der Waals surface area (Å²) in [7, 11) is -2.85. The van der Waals surface area contributed by atoms with E-state index in [-0.39, 0.29) is 9.92 Å². The van der Waals surface area contributed by atoms with Gasteiger partial charge in [0.1, 0.15) is 16.7 Å².